The highest BCUT2D eigenvalue weighted by Crippen LogP contribution is 2.56. The molecule has 1 aromatic rings. The van der Waals surface area contributed by atoms with Crippen molar-refractivity contribution in [3.63, 3.8) is 0 Å². The number of nitrogens with zero attached hydrogens (tertiary/aromatic N) is 2. The van der Waals surface area contributed by atoms with Gasteiger partial charge in [-0.25, -0.2) is 10.1 Å². The van der Waals surface area contributed by atoms with Crippen molar-refractivity contribution in [2.24, 2.45) is 4.99 Å². The standard InChI is InChI=1S/C13H22N3OPS/c1-4-11-19-18(17,15-5-2)16(3)12-14-13-9-7-6-8-10-13/h6-10,12H,4-5,11H2,1-3H3,(H,15,17). The van der Waals surface area contributed by atoms with Crippen LogP contribution in [0.3, 0.4) is 0 Å². The van der Waals surface area contributed by atoms with Gasteiger partial charge in [-0.1, -0.05) is 43.4 Å². The van der Waals surface area contributed by atoms with E-state index in [4.69, 9.17) is 0 Å². The normalized spacial score (nSPS) is 14.5. The largest absolute Gasteiger partial charge is 0.297 e. The molecule has 1 rings (SSSR count). The number of nitrogens with one attached hydrogen (secondary N) is 1. The average Bonchev–Trinajstić information content (AvgIpc) is 2.44. The maximum absolute atomic E-state index is 12.8. The molecule has 0 saturated heterocycles. The summed E-state index contributed by atoms with van der Waals surface area (Å²) in [6.07, 6.45) is 2.64. The second kappa shape index (κ2) is 8.41. The summed E-state index contributed by atoms with van der Waals surface area (Å²) in [6.45, 7) is 2.11. The Morgan fingerprint density at radius 2 is 2.05 bits per heavy atom. The minimum Gasteiger partial charge on any atom is -0.297 e. The first kappa shape index (κ1) is 16.3. The Labute approximate surface area is 119 Å². The van der Waals surface area contributed by atoms with Gasteiger partial charge in [-0.15, -0.1) is 0 Å². The van der Waals surface area contributed by atoms with Gasteiger partial charge in [-0.2, -0.15) is 0 Å². The third-order valence-electron chi connectivity index (χ3n) is 2.37. The van der Waals surface area contributed by atoms with Crippen LogP contribution in [0.1, 0.15) is 20.3 Å². The van der Waals surface area contributed by atoms with Gasteiger partial charge in [0.2, 0.25) is 0 Å². The Balaban J connectivity index is 2.74. The number of para-hydroxylation sites is 1. The summed E-state index contributed by atoms with van der Waals surface area (Å²) in [7, 11) is 1.80. The van der Waals surface area contributed by atoms with E-state index in [1.54, 1.807) is 18.1 Å². The lowest BCUT2D eigenvalue weighted by Gasteiger charge is -2.25. The van der Waals surface area contributed by atoms with Crippen molar-refractivity contribution in [3.05, 3.63) is 30.3 Å². The van der Waals surface area contributed by atoms with Crippen LogP contribution in [0.25, 0.3) is 0 Å². The van der Waals surface area contributed by atoms with E-state index in [2.05, 4.69) is 17.0 Å². The molecule has 19 heavy (non-hydrogen) atoms. The molecule has 6 heteroatoms. The third kappa shape index (κ3) is 5.39. The van der Waals surface area contributed by atoms with E-state index in [1.165, 1.54) is 11.4 Å². The van der Waals surface area contributed by atoms with E-state index in [1.807, 2.05) is 37.3 Å². The van der Waals surface area contributed by atoms with E-state index in [0.717, 1.165) is 17.9 Å². The second-order valence-corrected chi connectivity index (χ2v) is 8.93. The number of rotatable bonds is 8. The van der Waals surface area contributed by atoms with Gasteiger partial charge >= 0.3 is 0 Å². The zero-order chi connectivity index (χ0) is 14.1. The summed E-state index contributed by atoms with van der Waals surface area (Å²) < 4.78 is 14.5. The lowest BCUT2D eigenvalue weighted by molar-refractivity contribution is 0.547. The molecule has 1 N–H and O–H groups in total. The molecule has 0 saturated carbocycles. The van der Waals surface area contributed by atoms with E-state index in [9.17, 15) is 4.57 Å². The van der Waals surface area contributed by atoms with Crippen molar-refractivity contribution >= 4 is 30.1 Å². The Bertz CT molecular complexity index is 439. The van der Waals surface area contributed by atoms with Crippen LogP contribution < -0.4 is 5.09 Å². The lowest BCUT2D eigenvalue weighted by Crippen LogP contribution is -2.22. The summed E-state index contributed by atoms with van der Waals surface area (Å²) in [5.41, 5.74) is 0.859. The summed E-state index contributed by atoms with van der Waals surface area (Å²) in [6, 6.07) is 9.65. The number of benzene rings is 1. The van der Waals surface area contributed by atoms with Crippen molar-refractivity contribution in [3.8, 4) is 0 Å². The smallest absolute Gasteiger partial charge is 0.293 e. The predicted octanol–water partition coefficient (Wildman–Crippen LogP) is 4.14. The molecule has 106 valence electrons. The van der Waals surface area contributed by atoms with Gasteiger partial charge in [-0.05, 0) is 18.6 Å². The molecule has 0 radical (unpaired) electrons. The van der Waals surface area contributed by atoms with Gasteiger partial charge < -0.3 is 0 Å². The van der Waals surface area contributed by atoms with E-state index >= 15 is 0 Å². The minimum atomic E-state index is -2.61. The Kier molecular flexibility index (Phi) is 7.21. The zero-order valence-electron chi connectivity index (χ0n) is 11.7. The quantitative estimate of drug-likeness (QED) is 0.445. The van der Waals surface area contributed by atoms with Crippen LogP contribution in [0.5, 0.6) is 0 Å². The lowest BCUT2D eigenvalue weighted by atomic mass is 10.3. The second-order valence-electron chi connectivity index (χ2n) is 4.02. The maximum Gasteiger partial charge on any atom is 0.293 e. The van der Waals surface area contributed by atoms with Gasteiger partial charge in [0.25, 0.3) is 6.65 Å². The monoisotopic (exact) mass is 299 g/mol. The van der Waals surface area contributed by atoms with Gasteiger partial charge in [0.05, 0.1) is 12.0 Å². The van der Waals surface area contributed by atoms with Crippen LogP contribution >= 0.6 is 18.0 Å². The molecule has 4 nitrogen and oxygen atoms in total. The van der Waals surface area contributed by atoms with Crippen molar-refractivity contribution in [2.75, 3.05) is 19.3 Å². The Morgan fingerprint density at radius 1 is 1.37 bits per heavy atom. The summed E-state index contributed by atoms with van der Waals surface area (Å²) in [5, 5.41) is 3.08. The van der Waals surface area contributed by atoms with E-state index in [0.29, 0.717) is 6.54 Å². The molecule has 0 aliphatic heterocycles. The van der Waals surface area contributed by atoms with E-state index < -0.39 is 6.65 Å². The fourth-order valence-electron chi connectivity index (χ4n) is 1.40. The molecule has 0 aromatic heterocycles. The molecule has 1 atom stereocenters. The topological polar surface area (TPSA) is 44.7 Å². The van der Waals surface area contributed by atoms with Gasteiger partial charge in [-0.3, -0.25) is 9.24 Å². The van der Waals surface area contributed by atoms with Crippen molar-refractivity contribution in [1.82, 2.24) is 9.76 Å². The molecule has 0 heterocycles. The first-order chi connectivity index (χ1) is 9.12. The fourth-order valence-corrected chi connectivity index (χ4v) is 5.53. The molecule has 0 aliphatic carbocycles. The molecule has 0 spiro atoms. The molecular weight excluding hydrogens is 277 g/mol. The highest BCUT2D eigenvalue weighted by molar-refractivity contribution is 8.56. The third-order valence-corrected chi connectivity index (χ3v) is 7.72. The maximum atomic E-state index is 12.8. The highest BCUT2D eigenvalue weighted by atomic mass is 32.7. The van der Waals surface area contributed by atoms with Crippen LogP contribution in [-0.2, 0) is 4.57 Å². The fraction of sp³-hybridized carbons (Fsp3) is 0.462. The predicted molar refractivity (Wildman–Crippen MR) is 86.4 cm³/mol. The molecule has 1 aromatic carbocycles. The minimum absolute atomic E-state index is 0.678. The van der Waals surface area contributed by atoms with Crippen molar-refractivity contribution in [2.45, 2.75) is 20.3 Å². The number of hydrogen-bond acceptors (Lipinski definition) is 3. The summed E-state index contributed by atoms with van der Waals surface area (Å²) >= 11 is 1.47. The molecular formula is C13H22N3OPS. The zero-order valence-corrected chi connectivity index (χ0v) is 13.5. The molecule has 0 amide bonds. The average molecular weight is 299 g/mol. The Hall–Kier alpha value is -0.770. The SMILES string of the molecule is CCCSP(=O)(NCC)N(C)C=Nc1ccccc1. The first-order valence-electron chi connectivity index (χ1n) is 6.44. The number of hydrogen-bond donors (Lipinski definition) is 1. The van der Waals surface area contributed by atoms with Crippen molar-refractivity contribution < 1.29 is 4.57 Å². The van der Waals surface area contributed by atoms with E-state index in [-0.39, 0.29) is 0 Å². The van der Waals surface area contributed by atoms with Crippen molar-refractivity contribution in [1.29, 1.82) is 0 Å². The van der Waals surface area contributed by atoms with Crippen LogP contribution in [0, 0.1) is 0 Å². The highest BCUT2D eigenvalue weighted by Gasteiger charge is 2.25. The van der Waals surface area contributed by atoms with Crippen LogP contribution in [0.15, 0.2) is 35.3 Å². The van der Waals surface area contributed by atoms with Crippen LogP contribution in [0.2, 0.25) is 0 Å². The van der Waals surface area contributed by atoms with Crippen LogP contribution in [-0.4, -0.2) is 30.4 Å². The Morgan fingerprint density at radius 3 is 2.63 bits per heavy atom. The van der Waals surface area contributed by atoms with Gasteiger partial charge in [0.1, 0.15) is 0 Å². The first-order valence-corrected chi connectivity index (χ1v) is 9.69. The molecule has 0 bridgehead atoms. The molecule has 0 fully saturated rings. The molecule has 1 unspecified atom stereocenters. The van der Waals surface area contributed by atoms with Crippen LogP contribution in [0.4, 0.5) is 5.69 Å². The molecule has 0 aliphatic rings. The van der Waals surface area contributed by atoms with Gasteiger partial charge in [0, 0.05) is 19.3 Å². The summed E-state index contributed by atoms with van der Waals surface area (Å²) in [5.74, 6) is 0.869. The summed E-state index contributed by atoms with van der Waals surface area (Å²) in [4.78, 5) is 4.34. The number of aliphatic imine (C=N–C) groups is 1. The van der Waals surface area contributed by atoms with Gasteiger partial charge in [0.15, 0.2) is 0 Å².